The molecule has 0 amide bonds. The molecule has 0 unspecified atom stereocenters. The van der Waals surface area contributed by atoms with Crippen molar-refractivity contribution in [3.63, 3.8) is 0 Å². The number of nitrogens with two attached hydrogens (primary N) is 1. The number of unbranched alkanes of at least 4 members (excludes halogenated alkanes) is 12. The highest BCUT2D eigenvalue weighted by molar-refractivity contribution is 5.85. The highest BCUT2D eigenvalue weighted by Crippen LogP contribution is 2.13. The van der Waals surface area contributed by atoms with Gasteiger partial charge in [-0.15, -0.1) is 12.4 Å². The molecule has 0 aliphatic carbocycles. The lowest BCUT2D eigenvalue weighted by atomic mass is 10.0. The second kappa shape index (κ2) is 19.2. The van der Waals surface area contributed by atoms with Crippen LogP contribution in [0.2, 0.25) is 0 Å². The van der Waals surface area contributed by atoms with E-state index in [1.807, 2.05) is 0 Å². The highest BCUT2D eigenvalue weighted by Gasteiger charge is 2.12. The van der Waals surface area contributed by atoms with Crippen molar-refractivity contribution in [2.45, 2.75) is 109 Å². The predicted octanol–water partition coefficient (Wildman–Crippen LogP) is 4.57. The van der Waals surface area contributed by atoms with Crippen LogP contribution in [0.3, 0.4) is 0 Å². The summed E-state index contributed by atoms with van der Waals surface area (Å²) in [6, 6.07) is -0.470. The highest BCUT2D eigenvalue weighted by atomic mass is 35.5. The van der Waals surface area contributed by atoms with Crippen LogP contribution in [0.1, 0.15) is 96.8 Å². The van der Waals surface area contributed by atoms with E-state index in [1.165, 1.54) is 77.0 Å². The van der Waals surface area contributed by atoms with Crippen molar-refractivity contribution in [2.24, 2.45) is 5.73 Å². The molecule has 0 aromatic rings. The number of halogens is 1. The molecule has 0 aliphatic heterocycles. The van der Waals surface area contributed by atoms with Gasteiger partial charge in [0.05, 0.1) is 18.8 Å². The van der Waals surface area contributed by atoms with E-state index in [2.05, 4.69) is 6.92 Å². The number of aliphatic hydroxyl groups excluding tert-OH is 2. The summed E-state index contributed by atoms with van der Waals surface area (Å²) < 4.78 is 0. The van der Waals surface area contributed by atoms with Crippen LogP contribution in [-0.4, -0.2) is 29.0 Å². The van der Waals surface area contributed by atoms with Gasteiger partial charge in [0.25, 0.3) is 0 Å². The molecule has 4 heteroatoms. The van der Waals surface area contributed by atoms with E-state index in [0.717, 1.165) is 12.8 Å². The molecule has 0 saturated carbocycles. The largest absolute Gasteiger partial charge is 0.395 e. The lowest BCUT2D eigenvalue weighted by molar-refractivity contribution is 0.0990. The van der Waals surface area contributed by atoms with Crippen LogP contribution in [0.25, 0.3) is 0 Å². The molecule has 0 heterocycles. The fourth-order valence-electron chi connectivity index (χ4n) is 2.71. The van der Waals surface area contributed by atoms with Crippen LogP contribution in [-0.2, 0) is 0 Å². The van der Waals surface area contributed by atoms with Crippen LogP contribution in [0.5, 0.6) is 0 Å². The average Bonchev–Trinajstić information content (AvgIpc) is 2.50. The van der Waals surface area contributed by atoms with Gasteiger partial charge in [-0.2, -0.15) is 0 Å². The normalized spacial score (nSPS) is 13.6. The molecular formula is C18H40ClNO2. The maximum absolute atomic E-state index is 9.61. The Labute approximate surface area is 144 Å². The zero-order valence-electron chi connectivity index (χ0n) is 14.6. The van der Waals surface area contributed by atoms with Gasteiger partial charge in [0.2, 0.25) is 0 Å². The Hall–Kier alpha value is 0.170. The van der Waals surface area contributed by atoms with Crippen LogP contribution >= 0.6 is 12.4 Å². The van der Waals surface area contributed by atoms with Gasteiger partial charge in [-0.25, -0.2) is 0 Å². The molecule has 0 aromatic heterocycles. The molecule has 136 valence electrons. The summed E-state index contributed by atoms with van der Waals surface area (Å²) in [4.78, 5) is 0. The van der Waals surface area contributed by atoms with Gasteiger partial charge < -0.3 is 15.9 Å². The van der Waals surface area contributed by atoms with Crippen LogP contribution < -0.4 is 5.73 Å². The summed E-state index contributed by atoms with van der Waals surface area (Å²) in [6.07, 6.45) is 17.5. The number of hydrogen-bond acceptors (Lipinski definition) is 3. The van der Waals surface area contributed by atoms with Crippen LogP contribution in [0.4, 0.5) is 0 Å². The third-order valence-electron chi connectivity index (χ3n) is 4.31. The fraction of sp³-hybridized carbons (Fsp3) is 1.00. The van der Waals surface area contributed by atoms with Gasteiger partial charge in [0, 0.05) is 0 Å². The lowest BCUT2D eigenvalue weighted by Crippen LogP contribution is -2.37. The van der Waals surface area contributed by atoms with E-state index >= 15 is 0 Å². The average molecular weight is 338 g/mol. The molecule has 0 fully saturated rings. The smallest absolute Gasteiger partial charge is 0.0713 e. The Morgan fingerprint density at radius 2 is 1.09 bits per heavy atom. The van der Waals surface area contributed by atoms with E-state index in [9.17, 15) is 5.11 Å². The topological polar surface area (TPSA) is 66.5 Å². The third kappa shape index (κ3) is 16.5. The minimum absolute atomic E-state index is 0. The summed E-state index contributed by atoms with van der Waals surface area (Å²) >= 11 is 0. The number of hydrogen-bond donors (Lipinski definition) is 3. The quantitative estimate of drug-likeness (QED) is 0.361. The summed E-state index contributed by atoms with van der Waals surface area (Å²) in [5, 5.41) is 18.4. The van der Waals surface area contributed by atoms with E-state index in [-0.39, 0.29) is 19.0 Å². The lowest BCUT2D eigenvalue weighted by Gasteiger charge is -2.15. The Morgan fingerprint density at radius 1 is 0.727 bits per heavy atom. The van der Waals surface area contributed by atoms with Gasteiger partial charge in [-0.3, -0.25) is 0 Å². The van der Waals surface area contributed by atoms with Crippen molar-refractivity contribution in [1.29, 1.82) is 0 Å². The fourth-order valence-corrected chi connectivity index (χ4v) is 2.71. The molecule has 4 N–H and O–H groups in total. The van der Waals surface area contributed by atoms with E-state index in [0.29, 0.717) is 0 Å². The molecule has 0 bridgehead atoms. The maximum Gasteiger partial charge on any atom is 0.0713 e. The predicted molar refractivity (Wildman–Crippen MR) is 98.6 cm³/mol. The first-order chi connectivity index (χ1) is 10.2. The molecular weight excluding hydrogens is 298 g/mol. The maximum atomic E-state index is 9.61. The standard InChI is InChI=1S/C18H39NO2.ClH/c1-2-3-4-5-6-7-8-9-10-11-12-13-14-15-18(21)17(19)16-20;/h17-18,20-21H,2-16,19H2,1H3;1H/t17-,18+;/m1./s1. The first-order valence-electron chi connectivity index (χ1n) is 9.26. The molecule has 0 aromatic carbocycles. The first kappa shape index (κ1) is 24.4. The summed E-state index contributed by atoms with van der Waals surface area (Å²) in [7, 11) is 0. The molecule has 0 saturated heterocycles. The van der Waals surface area contributed by atoms with Crippen LogP contribution in [0.15, 0.2) is 0 Å². The van der Waals surface area contributed by atoms with Crippen molar-refractivity contribution in [1.82, 2.24) is 0 Å². The number of rotatable bonds is 16. The second-order valence-electron chi connectivity index (χ2n) is 6.45. The van der Waals surface area contributed by atoms with Crippen molar-refractivity contribution >= 4 is 12.4 Å². The minimum atomic E-state index is -0.539. The summed E-state index contributed by atoms with van der Waals surface area (Å²) in [5.74, 6) is 0. The van der Waals surface area contributed by atoms with E-state index < -0.39 is 12.1 Å². The zero-order chi connectivity index (χ0) is 15.8. The molecule has 2 atom stereocenters. The minimum Gasteiger partial charge on any atom is -0.395 e. The van der Waals surface area contributed by atoms with Gasteiger partial charge in [-0.1, -0.05) is 90.4 Å². The Morgan fingerprint density at radius 3 is 1.45 bits per heavy atom. The monoisotopic (exact) mass is 337 g/mol. The molecule has 0 radical (unpaired) electrons. The van der Waals surface area contributed by atoms with Gasteiger partial charge in [0.15, 0.2) is 0 Å². The van der Waals surface area contributed by atoms with Crippen molar-refractivity contribution in [3.05, 3.63) is 0 Å². The SMILES string of the molecule is CCCCCCCCCCCCCCC[C@H](O)[C@H](N)CO.Cl. The Bertz CT molecular complexity index is 206. The van der Waals surface area contributed by atoms with Crippen LogP contribution in [0, 0.1) is 0 Å². The molecule has 0 aliphatic rings. The van der Waals surface area contributed by atoms with Crippen molar-refractivity contribution in [3.8, 4) is 0 Å². The summed E-state index contributed by atoms with van der Waals surface area (Å²) in [5.41, 5.74) is 5.56. The zero-order valence-corrected chi connectivity index (χ0v) is 15.5. The molecule has 0 spiro atoms. The van der Waals surface area contributed by atoms with Crippen molar-refractivity contribution < 1.29 is 10.2 Å². The van der Waals surface area contributed by atoms with Gasteiger partial charge >= 0.3 is 0 Å². The van der Waals surface area contributed by atoms with Gasteiger partial charge in [0.1, 0.15) is 0 Å². The Balaban J connectivity index is 0. The second-order valence-corrected chi connectivity index (χ2v) is 6.45. The Kier molecular flexibility index (Phi) is 21.3. The molecule has 22 heavy (non-hydrogen) atoms. The van der Waals surface area contributed by atoms with Gasteiger partial charge in [-0.05, 0) is 6.42 Å². The van der Waals surface area contributed by atoms with E-state index in [4.69, 9.17) is 10.8 Å². The first-order valence-corrected chi connectivity index (χ1v) is 9.26. The summed E-state index contributed by atoms with van der Waals surface area (Å²) in [6.45, 7) is 2.14. The molecule has 3 nitrogen and oxygen atoms in total. The molecule has 0 rings (SSSR count). The van der Waals surface area contributed by atoms with E-state index in [1.54, 1.807) is 0 Å². The van der Waals surface area contributed by atoms with Crippen molar-refractivity contribution in [2.75, 3.05) is 6.61 Å². The third-order valence-corrected chi connectivity index (χ3v) is 4.31. The number of aliphatic hydroxyl groups is 2.